The fourth-order valence-electron chi connectivity index (χ4n) is 3.11. The molecule has 0 aliphatic rings. The Morgan fingerprint density at radius 3 is 2.71 bits per heavy atom. The van der Waals surface area contributed by atoms with Crippen LogP contribution in [-0.4, -0.2) is 26.2 Å². The van der Waals surface area contributed by atoms with E-state index in [1.165, 1.54) is 4.70 Å². The van der Waals surface area contributed by atoms with E-state index in [9.17, 15) is 4.79 Å². The van der Waals surface area contributed by atoms with Gasteiger partial charge in [-0.1, -0.05) is 43.0 Å². The lowest BCUT2D eigenvalue weighted by atomic mass is 10.3. The highest BCUT2D eigenvalue weighted by molar-refractivity contribution is 8.01. The van der Waals surface area contributed by atoms with Gasteiger partial charge >= 0.3 is 0 Å². The van der Waals surface area contributed by atoms with Crippen LogP contribution >= 0.6 is 23.1 Å². The third kappa shape index (κ3) is 4.20. The van der Waals surface area contributed by atoms with Gasteiger partial charge in [-0.2, -0.15) is 0 Å². The number of thioether (sulfide) groups is 1. The number of imidazole rings is 1. The van der Waals surface area contributed by atoms with E-state index in [0.29, 0.717) is 12.4 Å². The van der Waals surface area contributed by atoms with Crippen molar-refractivity contribution in [2.24, 2.45) is 0 Å². The molecule has 7 heteroatoms. The smallest absolute Gasteiger partial charge is 0.226 e. The quantitative estimate of drug-likeness (QED) is 0.305. The van der Waals surface area contributed by atoms with Gasteiger partial charge in [0, 0.05) is 18.7 Å². The number of benzene rings is 2. The van der Waals surface area contributed by atoms with Crippen molar-refractivity contribution in [2.45, 2.75) is 37.1 Å². The molecule has 0 aliphatic heterocycles. The molecule has 2 heterocycles. The largest absolute Gasteiger partial charge is 0.310 e. The highest BCUT2D eigenvalue weighted by Crippen LogP contribution is 2.29. The molecule has 4 aromatic rings. The number of nitrogens with one attached hydrogen (secondary N) is 1. The number of carbonyl (C=O) groups is 1. The molecule has 0 spiro atoms. The first-order valence-electron chi connectivity index (χ1n) is 9.48. The van der Waals surface area contributed by atoms with Crippen LogP contribution in [0.3, 0.4) is 0 Å². The SMILES string of the molecule is CCCn1c(NC(=O)CCCSc2nc3ccccc3s2)nc2ccccc21. The molecule has 0 saturated carbocycles. The van der Waals surface area contributed by atoms with Crippen LogP contribution in [0, 0.1) is 0 Å². The van der Waals surface area contributed by atoms with E-state index in [4.69, 9.17) is 0 Å². The molecule has 0 radical (unpaired) electrons. The first-order valence-corrected chi connectivity index (χ1v) is 11.3. The lowest BCUT2D eigenvalue weighted by Gasteiger charge is -2.08. The van der Waals surface area contributed by atoms with Crippen LogP contribution in [-0.2, 0) is 11.3 Å². The van der Waals surface area contributed by atoms with Crippen molar-refractivity contribution in [3.8, 4) is 0 Å². The van der Waals surface area contributed by atoms with Crippen molar-refractivity contribution in [3.05, 3.63) is 48.5 Å². The normalized spacial score (nSPS) is 11.3. The van der Waals surface area contributed by atoms with Crippen molar-refractivity contribution in [1.82, 2.24) is 14.5 Å². The van der Waals surface area contributed by atoms with E-state index in [0.717, 1.165) is 46.0 Å². The van der Waals surface area contributed by atoms with E-state index in [-0.39, 0.29) is 5.91 Å². The van der Waals surface area contributed by atoms with E-state index >= 15 is 0 Å². The average Bonchev–Trinajstić information content (AvgIpc) is 3.27. The number of hydrogen-bond acceptors (Lipinski definition) is 5. The van der Waals surface area contributed by atoms with Gasteiger partial charge in [-0.05, 0) is 37.1 Å². The van der Waals surface area contributed by atoms with Crippen LogP contribution in [0.5, 0.6) is 0 Å². The zero-order valence-electron chi connectivity index (χ0n) is 15.7. The first-order chi connectivity index (χ1) is 13.7. The van der Waals surface area contributed by atoms with E-state index < -0.39 is 0 Å². The number of rotatable bonds is 8. The number of carbonyl (C=O) groups excluding carboxylic acids is 1. The van der Waals surface area contributed by atoms with Crippen LogP contribution in [0.2, 0.25) is 0 Å². The molecular formula is C21H22N4OS2. The molecule has 0 saturated heterocycles. The summed E-state index contributed by atoms with van der Waals surface area (Å²) in [6, 6.07) is 16.2. The summed E-state index contributed by atoms with van der Waals surface area (Å²) in [6.07, 6.45) is 2.27. The van der Waals surface area contributed by atoms with Crippen molar-refractivity contribution in [3.63, 3.8) is 0 Å². The van der Waals surface area contributed by atoms with Gasteiger partial charge < -0.3 is 4.57 Å². The predicted octanol–water partition coefficient (Wildman–Crippen LogP) is 5.57. The summed E-state index contributed by atoms with van der Waals surface area (Å²) in [7, 11) is 0. The zero-order chi connectivity index (χ0) is 19.3. The first kappa shape index (κ1) is 19.0. The van der Waals surface area contributed by atoms with Gasteiger partial charge in [0.05, 0.1) is 21.3 Å². The molecule has 1 N–H and O–H groups in total. The molecule has 5 nitrogen and oxygen atoms in total. The number of aryl methyl sites for hydroxylation is 1. The Morgan fingerprint density at radius 2 is 1.89 bits per heavy atom. The Bertz CT molecular complexity index is 1070. The summed E-state index contributed by atoms with van der Waals surface area (Å²) in [5, 5.41) is 3.00. The monoisotopic (exact) mass is 410 g/mol. The second-order valence-electron chi connectivity index (χ2n) is 6.52. The number of para-hydroxylation sites is 3. The van der Waals surface area contributed by atoms with Crippen molar-refractivity contribution in [1.29, 1.82) is 0 Å². The summed E-state index contributed by atoms with van der Waals surface area (Å²) in [4.78, 5) is 21.6. The lowest BCUT2D eigenvalue weighted by Crippen LogP contribution is -2.15. The average molecular weight is 411 g/mol. The van der Waals surface area contributed by atoms with Gasteiger partial charge in [0.1, 0.15) is 0 Å². The van der Waals surface area contributed by atoms with Crippen LogP contribution in [0.25, 0.3) is 21.3 Å². The molecule has 0 fully saturated rings. The topological polar surface area (TPSA) is 59.8 Å². The van der Waals surface area contributed by atoms with E-state index in [2.05, 4.69) is 32.8 Å². The van der Waals surface area contributed by atoms with Gasteiger partial charge in [-0.3, -0.25) is 10.1 Å². The minimum atomic E-state index is 0.0116. The van der Waals surface area contributed by atoms with Crippen LogP contribution in [0.4, 0.5) is 5.95 Å². The van der Waals surface area contributed by atoms with Crippen molar-refractivity contribution < 1.29 is 4.79 Å². The Labute approximate surface area is 172 Å². The highest BCUT2D eigenvalue weighted by atomic mass is 32.2. The van der Waals surface area contributed by atoms with Gasteiger partial charge in [0.15, 0.2) is 4.34 Å². The fourth-order valence-corrected chi connectivity index (χ4v) is 5.19. The molecule has 144 valence electrons. The molecule has 0 bridgehead atoms. The Balaban J connectivity index is 1.32. The Hall–Kier alpha value is -2.38. The molecule has 1 amide bonds. The molecule has 4 rings (SSSR count). The molecule has 2 aromatic heterocycles. The maximum atomic E-state index is 12.4. The number of amides is 1. The fraction of sp³-hybridized carbons (Fsp3) is 0.286. The molecule has 0 unspecified atom stereocenters. The molecule has 28 heavy (non-hydrogen) atoms. The second kappa shape index (κ2) is 8.75. The number of thiazole rings is 1. The predicted molar refractivity (Wildman–Crippen MR) is 118 cm³/mol. The second-order valence-corrected chi connectivity index (χ2v) is 8.90. The maximum absolute atomic E-state index is 12.4. The minimum Gasteiger partial charge on any atom is -0.310 e. The van der Waals surface area contributed by atoms with E-state index in [1.807, 2.05) is 42.5 Å². The summed E-state index contributed by atoms with van der Waals surface area (Å²) >= 11 is 3.42. The number of hydrogen-bond donors (Lipinski definition) is 1. The number of fused-ring (bicyclic) bond motifs is 2. The van der Waals surface area contributed by atoms with E-state index in [1.54, 1.807) is 23.1 Å². The van der Waals surface area contributed by atoms with Gasteiger partial charge in [-0.25, -0.2) is 9.97 Å². The maximum Gasteiger partial charge on any atom is 0.226 e. The lowest BCUT2D eigenvalue weighted by molar-refractivity contribution is -0.116. The summed E-state index contributed by atoms with van der Waals surface area (Å²) in [5.74, 6) is 1.53. The minimum absolute atomic E-state index is 0.0116. The zero-order valence-corrected chi connectivity index (χ0v) is 17.4. The summed E-state index contributed by atoms with van der Waals surface area (Å²) in [5.41, 5.74) is 3.02. The van der Waals surface area contributed by atoms with Gasteiger partial charge in [0.2, 0.25) is 11.9 Å². The highest BCUT2D eigenvalue weighted by Gasteiger charge is 2.12. The third-order valence-corrected chi connectivity index (χ3v) is 6.67. The third-order valence-electron chi connectivity index (χ3n) is 4.40. The van der Waals surface area contributed by atoms with Gasteiger partial charge in [-0.15, -0.1) is 11.3 Å². The molecule has 0 aliphatic carbocycles. The Morgan fingerprint density at radius 1 is 1.11 bits per heavy atom. The van der Waals surface area contributed by atoms with Crippen LogP contribution < -0.4 is 5.32 Å². The molecule has 2 aromatic carbocycles. The molecular weight excluding hydrogens is 388 g/mol. The van der Waals surface area contributed by atoms with Crippen LogP contribution in [0.15, 0.2) is 52.9 Å². The van der Waals surface area contributed by atoms with Crippen LogP contribution in [0.1, 0.15) is 26.2 Å². The number of anilines is 1. The Kier molecular flexibility index (Phi) is 5.92. The van der Waals surface area contributed by atoms with Crippen molar-refractivity contribution in [2.75, 3.05) is 11.1 Å². The molecule has 0 atom stereocenters. The summed E-state index contributed by atoms with van der Waals surface area (Å²) < 4.78 is 4.35. The van der Waals surface area contributed by atoms with Gasteiger partial charge in [0.25, 0.3) is 0 Å². The van der Waals surface area contributed by atoms with Crippen molar-refractivity contribution >= 4 is 56.2 Å². The standard InChI is InChI=1S/C21H22N4OS2/c1-2-13-25-17-10-5-3-8-15(17)22-20(25)24-19(26)12-7-14-27-21-23-16-9-4-6-11-18(16)28-21/h3-6,8-11H,2,7,12-14H2,1H3,(H,22,24,26). The number of aromatic nitrogens is 3. The number of nitrogens with zero attached hydrogens (tertiary/aromatic N) is 3. The summed E-state index contributed by atoms with van der Waals surface area (Å²) in [6.45, 7) is 2.96.